The van der Waals surface area contributed by atoms with Crippen LogP contribution in [0.5, 0.6) is 17.2 Å². The molecule has 33 heavy (non-hydrogen) atoms. The average molecular weight is 469 g/mol. The van der Waals surface area contributed by atoms with Crippen LogP contribution in [0.3, 0.4) is 0 Å². The minimum atomic E-state index is -0.409. The van der Waals surface area contributed by atoms with Crippen molar-refractivity contribution in [1.82, 2.24) is 10.3 Å². The molecule has 1 heterocycles. The maximum absolute atomic E-state index is 13.1. The molecule has 0 fully saturated rings. The first-order valence-corrected chi connectivity index (χ1v) is 10.4. The van der Waals surface area contributed by atoms with E-state index in [1.165, 1.54) is 21.3 Å². The highest BCUT2D eigenvalue weighted by Crippen LogP contribution is 2.38. The molecule has 0 aliphatic carbocycles. The molecule has 0 bridgehead atoms. The van der Waals surface area contributed by atoms with Gasteiger partial charge in [-0.3, -0.25) is 15.1 Å². The minimum absolute atomic E-state index is 0.254. The zero-order chi connectivity index (χ0) is 23.8. The molecule has 3 aromatic rings. The number of ether oxygens (including phenoxy) is 3. The fourth-order valence-electron chi connectivity index (χ4n) is 3.05. The van der Waals surface area contributed by atoms with E-state index < -0.39 is 5.91 Å². The Kier molecular flexibility index (Phi) is 8.10. The third-order valence-electron chi connectivity index (χ3n) is 4.73. The standard InChI is InChI=1S/C24H25ClN4O4/c1-15-11-17(25)8-9-19(15)28-24(27-14-18-7-5-6-10-26-18)29-23(30)16-12-20(31-2)22(33-4)21(13-16)32-3/h5-13H,14H2,1-4H3,(H2,27,28,29,30). The number of benzene rings is 2. The molecule has 0 atom stereocenters. The molecule has 1 aromatic heterocycles. The molecule has 0 aliphatic heterocycles. The molecular formula is C24H25ClN4O4. The Bertz CT molecular complexity index is 1130. The van der Waals surface area contributed by atoms with Crippen molar-refractivity contribution in [2.24, 2.45) is 4.99 Å². The fraction of sp³-hybridized carbons (Fsp3) is 0.208. The number of pyridine rings is 1. The molecule has 9 heteroatoms. The highest BCUT2D eigenvalue weighted by Gasteiger charge is 2.18. The SMILES string of the molecule is COc1cc(C(=O)NC(=NCc2ccccn2)Nc2ccc(Cl)cc2C)cc(OC)c1OC. The van der Waals surface area contributed by atoms with Crippen molar-refractivity contribution in [1.29, 1.82) is 0 Å². The van der Waals surface area contributed by atoms with Crippen LogP contribution in [0.4, 0.5) is 5.69 Å². The summed E-state index contributed by atoms with van der Waals surface area (Å²) in [5, 5.41) is 6.61. The first-order valence-electron chi connectivity index (χ1n) is 10.0. The van der Waals surface area contributed by atoms with Gasteiger partial charge in [0.25, 0.3) is 5.91 Å². The number of carbonyl (C=O) groups is 1. The van der Waals surface area contributed by atoms with E-state index in [-0.39, 0.29) is 12.5 Å². The lowest BCUT2D eigenvalue weighted by Crippen LogP contribution is -2.36. The van der Waals surface area contributed by atoms with Crippen LogP contribution in [0.2, 0.25) is 5.02 Å². The van der Waals surface area contributed by atoms with Gasteiger partial charge in [0.15, 0.2) is 11.5 Å². The number of guanidine groups is 1. The molecule has 0 aliphatic rings. The zero-order valence-electron chi connectivity index (χ0n) is 18.8. The Morgan fingerprint density at radius 3 is 2.33 bits per heavy atom. The van der Waals surface area contributed by atoms with Gasteiger partial charge in [-0.15, -0.1) is 0 Å². The average Bonchev–Trinajstić information content (AvgIpc) is 2.83. The van der Waals surface area contributed by atoms with Crippen LogP contribution in [0.15, 0.2) is 59.7 Å². The second-order valence-electron chi connectivity index (χ2n) is 6.94. The summed E-state index contributed by atoms with van der Waals surface area (Å²) in [6.07, 6.45) is 1.69. The fourth-order valence-corrected chi connectivity index (χ4v) is 3.28. The van der Waals surface area contributed by atoms with Crippen LogP contribution in [0, 0.1) is 6.92 Å². The molecule has 0 unspecified atom stereocenters. The number of hydrogen-bond donors (Lipinski definition) is 2. The Hall–Kier alpha value is -3.78. The topological polar surface area (TPSA) is 94.1 Å². The summed E-state index contributed by atoms with van der Waals surface area (Å²) in [5.41, 5.74) is 2.72. The lowest BCUT2D eigenvalue weighted by molar-refractivity contribution is 0.0976. The normalized spacial score (nSPS) is 11.0. The highest BCUT2D eigenvalue weighted by molar-refractivity contribution is 6.30. The smallest absolute Gasteiger partial charge is 0.258 e. The Morgan fingerprint density at radius 1 is 1.03 bits per heavy atom. The van der Waals surface area contributed by atoms with E-state index in [1.54, 1.807) is 24.4 Å². The molecule has 2 aromatic carbocycles. The van der Waals surface area contributed by atoms with Gasteiger partial charge < -0.3 is 19.5 Å². The van der Waals surface area contributed by atoms with Crippen LogP contribution in [0.25, 0.3) is 0 Å². The third kappa shape index (κ3) is 6.14. The minimum Gasteiger partial charge on any atom is -0.493 e. The number of aryl methyl sites for hydroxylation is 1. The first-order chi connectivity index (χ1) is 15.9. The Morgan fingerprint density at radius 2 is 1.76 bits per heavy atom. The number of amides is 1. The second kappa shape index (κ2) is 11.2. The van der Waals surface area contributed by atoms with Gasteiger partial charge >= 0.3 is 0 Å². The number of aromatic nitrogens is 1. The number of hydrogen-bond acceptors (Lipinski definition) is 6. The van der Waals surface area contributed by atoms with Gasteiger partial charge in [-0.25, -0.2) is 4.99 Å². The summed E-state index contributed by atoms with van der Waals surface area (Å²) in [4.78, 5) is 21.9. The molecule has 0 saturated carbocycles. The number of carbonyl (C=O) groups excluding carboxylic acids is 1. The molecule has 2 N–H and O–H groups in total. The molecule has 0 radical (unpaired) electrons. The summed E-state index contributed by atoms with van der Waals surface area (Å²) in [6.45, 7) is 2.18. The van der Waals surface area contributed by atoms with Crippen molar-refractivity contribution in [3.8, 4) is 17.2 Å². The predicted octanol–water partition coefficient (Wildman–Crippen LogP) is 4.47. The summed E-state index contributed by atoms with van der Waals surface area (Å²) < 4.78 is 16.0. The van der Waals surface area contributed by atoms with E-state index >= 15 is 0 Å². The number of nitrogens with one attached hydrogen (secondary N) is 2. The molecule has 0 saturated heterocycles. The van der Waals surface area contributed by atoms with E-state index in [2.05, 4.69) is 20.6 Å². The number of aliphatic imine (C=N–C) groups is 1. The van der Waals surface area contributed by atoms with E-state index in [4.69, 9.17) is 25.8 Å². The van der Waals surface area contributed by atoms with E-state index in [0.717, 1.165) is 16.9 Å². The van der Waals surface area contributed by atoms with Crippen molar-refractivity contribution in [3.63, 3.8) is 0 Å². The highest BCUT2D eigenvalue weighted by atomic mass is 35.5. The third-order valence-corrected chi connectivity index (χ3v) is 4.96. The van der Waals surface area contributed by atoms with Crippen LogP contribution in [-0.2, 0) is 6.54 Å². The van der Waals surface area contributed by atoms with Crippen LogP contribution >= 0.6 is 11.6 Å². The summed E-state index contributed by atoms with van der Waals surface area (Å²) in [5.74, 6) is 0.986. The van der Waals surface area contributed by atoms with Crippen molar-refractivity contribution in [3.05, 3.63) is 76.6 Å². The van der Waals surface area contributed by atoms with Crippen molar-refractivity contribution >= 4 is 29.2 Å². The van der Waals surface area contributed by atoms with Crippen molar-refractivity contribution < 1.29 is 19.0 Å². The van der Waals surface area contributed by atoms with Crippen molar-refractivity contribution in [2.75, 3.05) is 26.6 Å². The van der Waals surface area contributed by atoms with Gasteiger partial charge in [-0.05, 0) is 55.0 Å². The lowest BCUT2D eigenvalue weighted by Gasteiger charge is -2.16. The summed E-state index contributed by atoms with van der Waals surface area (Å²) in [7, 11) is 4.48. The van der Waals surface area contributed by atoms with Crippen LogP contribution < -0.4 is 24.8 Å². The molecule has 8 nitrogen and oxygen atoms in total. The van der Waals surface area contributed by atoms with Crippen LogP contribution in [-0.4, -0.2) is 38.2 Å². The summed E-state index contributed by atoms with van der Waals surface area (Å²) in [6, 6.07) is 14.1. The largest absolute Gasteiger partial charge is 0.493 e. The number of rotatable bonds is 7. The molecular weight excluding hydrogens is 444 g/mol. The second-order valence-corrected chi connectivity index (χ2v) is 7.37. The van der Waals surface area contributed by atoms with Crippen LogP contribution in [0.1, 0.15) is 21.6 Å². The van der Waals surface area contributed by atoms with E-state index in [1.807, 2.05) is 37.3 Å². The zero-order valence-corrected chi connectivity index (χ0v) is 19.6. The first kappa shape index (κ1) is 23.9. The molecule has 1 amide bonds. The number of anilines is 1. The van der Waals surface area contributed by atoms with E-state index in [9.17, 15) is 4.79 Å². The molecule has 3 rings (SSSR count). The van der Waals surface area contributed by atoms with Gasteiger partial charge in [0, 0.05) is 22.5 Å². The van der Waals surface area contributed by atoms with Gasteiger partial charge in [0.2, 0.25) is 11.7 Å². The maximum atomic E-state index is 13.1. The van der Waals surface area contributed by atoms with E-state index in [0.29, 0.717) is 27.8 Å². The number of nitrogens with zero attached hydrogens (tertiary/aromatic N) is 2. The maximum Gasteiger partial charge on any atom is 0.258 e. The molecule has 172 valence electrons. The summed E-state index contributed by atoms with van der Waals surface area (Å²) >= 11 is 6.07. The quantitative estimate of drug-likeness (QED) is 0.392. The lowest BCUT2D eigenvalue weighted by atomic mass is 10.1. The number of halogens is 1. The van der Waals surface area contributed by atoms with Gasteiger partial charge in [0.05, 0.1) is 33.6 Å². The van der Waals surface area contributed by atoms with Gasteiger partial charge in [-0.1, -0.05) is 17.7 Å². The Balaban J connectivity index is 1.91. The van der Waals surface area contributed by atoms with Gasteiger partial charge in [-0.2, -0.15) is 0 Å². The van der Waals surface area contributed by atoms with Crippen molar-refractivity contribution in [2.45, 2.75) is 13.5 Å². The predicted molar refractivity (Wildman–Crippen MR) is 129 cm³/mol. The molecule has 0 spiro atoms. The monoisotopic (exact) mass is 468 g/mol. The number of methoxy groups -OCH3 is 3. The Labute approximate surface area is 197 Å². The van der Waals surface area contributed by atoms with Gasteiger partial charge in [0.1, 0.15) is 0 Å².